The Morgan fingerprint density at radius 1 is 0.960 bits per heavy atom. The zero-order chi connectivity index (χ0) is 17.1. The molecule has 1 atom stereocenters. The second-order valence-corrected chi connectivity index (χ2v) is 5.91. The first-order chi connectivity index (χ1) is 12.3. The molecule has 6 nitrogen and oxygen atoms in total. The lowest BCUT2D eigenvalue weighted by Crippen LogP contribution is -2.40. The van der Waals surface area contributed by atoms with Crippen molar-refractivity contribution in [3.8, 4) is 23.0 Å². The Hall–Kier alpha value is -2.73. The Labute approximate surface area is 145 Å². The summed E-state index contributed by atoms with van der Waals surface area (Å²) in [5.74, 6) is 2.79. The summed E-state index contributed by atoms with van der Waals surface area (Å²) < 4.78 is 22.5. The summed E-state index contributed by atoms with van der Waals surface area (Å²) in [5, 5.41) is 3.14. The van der Waals surface area contributed by atoms with Crippen LogP contribution >= 0.6 is 0 Å². The highest BCUT2D eigenvalue weighted by atomic mass is 16.6. The van der Waals surface area contributed by atoms with Gasteiger partial charge in [0.15, 0.2) is 28.8 Å². The SMILES string of the molecule is O=C(CNCC1COc2ccccc2O1)c1ccc2c(c1)OCCO2. The Morgan fingerprint density at radius 2 is 1.72 bits per heavy atom. The Balaban J connectivity index is 1.30. The summed E-state index contributed by atoms with van der Waals surface area (Å²) in [7, 11) is 0. The van der Waals surface area contributed by atoms with Gasteiger partial charge in [-0.2, -0.15) is 0 Å². The molecule has 130 valence electrons. The molecule has 2 aliphatic heterocycles. The van der Waals surface area contributed by atoms with Crippen molar-refractivity contribution in [3.63, 3.8) is 0 Å². The van der Waals surface area contributed by atoms with Crippen LogP contribution < -0.4 is 24.3 Å². The van der Waals surface area contributed by atoms with Crippen molar-refractivity contribution in [3.05, 3.63) is 48.0 Å². The van der Waals surface area contributed by atoms with Gasteiger partial charge in [-0.05, 0) is 30.3 Å². The molecule has 2 heterocycles. The molecule has 0 radical (unpaired) electrons. The van der Waals surface area contributed by atoms with E-state index < -0.39 is 0 Å². The van der Waals surface area contributed by atoms with Crippen molar-refractivity contribution in [2.24, 2.45) is 0 Å². The van der Waals surface area contributed by atoms with Crippen LogP contribution in [-0.2, 0) is 0 Å². The average Bonchev–Trinajstić information content (AvgIpc) is 2.67. The maximum Gasteiger partial charge on any atom is 0.176 e. The first-order valence-electron chi connectivity index (χ1n) is 8.31. The second-order valence-electron chi connectivity index (χ2n) is 5.91. The first-order valence-corrected chi connectivity index (χ1v) is 8.31. The smallest absolute Gasteiger partial charge is 0.176 e. The quantitative estimate of drug-likeness (QED) is 0.840. The normalized spacial score (nSPS) is 17.8. The van der Waals surface area contributed by atoms with Gasteiger partial charge >= 0.3 is 0 Å². The molecular weight excluding hydrogens is 322 g/mol. The Morgan fingerprint density at radius 3 is 2.60 bits per heavy atom. The van der Waals surface area contributed by atoms with Gasteiger partial charge in [0.05, 0.1) is 6.54 Å². The zero-order valence-electron chi connectivity index (χ0n) is 13.7. The predicted molar refractivity (Wildman–Crippen MR) is 91.0 cm³/mol. The highest BCUT2D eigenvalue weighted by Gasteiger charge is 2.21. The van der Waals surface area contributed by atoms with E-state index in [9.17, 15) is 4.79 Å². The van der Waals surface area contributed by atoms with Crippen molar-refractivity contribution < 1.29 is 23.7 Å². The van der Waals surface area contributed by atoms with Crippen LogP contribution in [0.1, 0.15) is 10.4 Å². The summed E-state index contributed by atoms with van der Waals surface area (Å²) in [6, 6.07) is 12.8. The fraction of sp³-hybridized carbons (Fsp3) is 0.316. The largest absolute Gasteiger partial charge is 0.486 e. The van der Waals surface area contributed by atoms with E-state index in [1.165, 1.54) is 0 Å². The monoisotopic (exact) mass is 341 g/mol. The number of ketones is 1. The number of Topliss-reactive ketones (excluding diaryl/α,β-unsaturated/α-hetero) is 1. The first kappa shape index (κ1) is 15.8. The topological polar surface area (TPSA) is 66.0 Å². The van der Waals surface area contributed by atoms with E-state index in [-0.39, 0.29) is 18.4 Å². The van der Waals surface area contributed by atoms with Crippen molar-refractivity contribution in [2.45, 2.75) is 6.10 Å². The maximum atomic E-state index is 12.3. The van der Waals surface area contributed by atoms with Crippen LogP contribution in [0.2, 0.25) is 0 Å². The summed E-state index contributed by atoms with van der Waals surface area (Å²) in [5.41, 5.74) is 0.600. The number of hydrogen-bond acceptors (Lipinski definition) is 6. The van der Waals surface area contributed by atoms with E-state index in [0.29, 0.717) is 43.4 Å². The van der Waals surface area contributed by atoms with Crippen molar-refractivity contribution >= 4 is 5.78 Å². The number of carbonyl (C=O) groups excluding carboxylic acids is 1. The maximum absolute atomic E-state index is 12.3. The fourth-order valence-electron chi connectivity index (χ4n) is 2.83. The summed E-state index contributed by atoms with van der Waals surface area (Å²) in [6.45, 7) is 2.26. The molecule has 2 aliphatic rings. The summed E-state index contributed by atoms with van der Waals surface area (Å²) >= 11 is 0. The number of nitrogens with one attached hydrogen (secondary N) is 1. The molecule has 0 saturated heterocycles. The van der Waals surface area contributed by atoms with E-state index in [1.807, 2.05) is 24.3 Å². The van der Waals surface area contributed by atoms with Gasteiger partial charge in [0.1, 0.15) is 25.9 Å². The van der Waals surface area contributed by atoms with E-state index in [1.54, 1.807) is 18.2 Å². The Kier molecular flexibility index (Phi) is 4.43. The van der Waals surface area contributed by atoms with Gasteiger partial charge in [-0.15, -0.1) is 0 Å². The van der Waals surface area contributed by atoms with Crippen LogP contribution in [0.4, 0.5) is 0 Å². The molecule has 0 aliphatic carbocycles. The van der Waals surface area contributed by atoms with Crippen LogP contribution in [0.5, 0.6) is 23.0 Å². The van der Waals surface area contributed by atoms with Gasteiger partial charge in [-0.25, -0.2) is 0 Å². The van der Waals surface area contributed by atoms with Gasteiger partial charge in [-0.1, -0.05) is 12.1 Å². The van der Waals surface area contributed by atoms with Crippen LogP contribution in [-0.4, -0.2) is 44.8 Å². The lowest BCUT2D eigenvalue weighted by Gasteiger charge is -2.26. The predicted octanol–water partition coefficient (Wildman–Crippen LogP) is 2.07. The fourth-order valence-corrected chi connectivity index (χ4v) is 2.83. The van der Waals surface area contributed by atoms with E-state index in [4.69, 9.17) is 18.9 Å². The molecule has 0 fully saturated rings. The molecule has 1 unspecified atom stereocenters. The molecule has 4 rings (SSSR count). The highest BCUT2D eigenvalue weighted by molar-refractivity contribution is 5.98. The zero-order valence-corrected chi connectivity index (χ0v) is 13.7. The van der Waals surface area contributed by atoms with Crippen molar-refractivity contribution in [1.82, 2.24) is 5.32 Å². The average molecular weight is 341 g/mol. The number of rotatable bonds is 5. The van der Waals surface area contributed by atoms with E-state index in [0.717, 1.165) is 11.5 Å². The third-order valence-electron chi connectivity index (χ3n) is 4.09. The molecule has 25 heavy (non-hydrogen) atoms. The number of carbonyl (C=O) groups is 1. The molecule has 2 aromatic rings. The minimum atomic E-state index is -0.122. The van der Waals surface area contributed by atoms with Gasteiger partial charge < -0.3 is 24.3 Å². The van der Waals surface area contributed by atoms with Gasteiger partial charge in [0.25, 0.3) is 0 Å². The number of benzene rings is 2. The highest BCUT2D eigenvalue weighted by Crippen LogP contribution is 2.31. The number of hydrogen-bond donors (Lipinski definition) is 1. The van der Waals surface area contributed by atoms with E-state index >= 15 is 0 Å². The van der Waals surface area contributed by atoms with Crippen LogP contribution in [0, 0.1) is 0 Å². The van der Waals surface area contributed by atoms with Crippen molar-refractivity contribution in [2.75, 3.05) is 32.9 Å². The molecule has 1 N–H and O–H groups in total. The van der Waals surface area contributed by atoms with Crippen LogP contribution in [0.25, 0.3) is 0 Å². The summed E-state index contributed by atoms with van der Waals surface area (Å²) in [6.07, 6.45) is -0.122. The number of fused-ring (bicyclic) bond motifs is 2. The van der Waals surface area contributed by atoms with Crippen LogP contribution in [0.3, 0.4) is 0 Å². The number of para-hydroxylation sites is 2. The third-order valence-corrected chi connectivity index (χ3v) is 4.09. The standard InChI is InChI=1S/C19H19NO5/c21-15(13-5-6-17-19(9-13)23-8-7-22-17)11-20-10-14-12-24-16-3-1-2-4-18(16)25-14/h1-6,9,14,20H,7-8,10-12H2. The minimum absolute atomic E-state index is 0.00546. The number of ether oxygens (including phenoxy) is 4. The third kappa shape index (κ3) is 3.53. The van der Waals surface area contributed by atoms with Crippen LogP contribution in [0.15, 0.2) is 42.5 Å². The lowest BCUT2D eigenvalue weighted by atomic mass is 10.1. The molecular formula is C19H19NO5. The second kappa shape index (κ2) is 7.03. The van der Waals surface area contributed by atoms with E-state index in [2.05, 4.69) is 5.32 Å². The van der Waals surface area contributed by atoms with Gasteiger partial charge in [0.2, 0.25) is 0 Å². The molecule has 0 spiro atoms. The molecule has 0 bridgehead atoms. The molecule has 0 aromatic heterocycles. The lowest BCUT2D eigenvalue weighted by molar-refractivity contribution is 0.0869. The Bertz CT molecular complexity index is 776. The molecule has 0 saturated carbocycles. The summed E-state index contributed by atoms with van der Waals surface area (Å²) in [4.78, 5) is 12.3. The molecule has 2 aromatic carbocycles. The van der Waals surface area contributed by atoms with Crippen molar-refractivity contribution in [1.29, 1.82) is 0 Å². The molecule has 6 heteroatoms. The minimum Gasteiger partial charge on any atom is -0.486 e. The van der Waals surface area contributed by atoms with Gasteiger partial charge in [-0.3, -0.25) is 4.79 Å². The van der Waals surface area contributed by atoms with Gasteiger partial charge in [0, 0.05) is 12.1 Å². The molecule has 0 amide bonds.